The van der Waals surface area contributed by atoms with E-state index in [1.165, 1.54) is 0 Å². The summed E-state index contributed by atoms with van der Waals surface area (Å²) in [6, 6.07) is 5.72. The number of aromatic nitrogens is 1. The van der Waals surface area contributed by atoms with Crippen LogP contribution in [0.25, 0.3) is 0 Å². The van der Waals surface area contributed by atoms with Crippen molar-refractivity contribution < 1.29 is 29.4 Å². The Bertz CT molecular complexity index is 148. The summed E-state index contributed by atoms with van der Waals surface area (Å²) in [6.07, 6.45) is 3.50. The van der Waals surface area contributed by atoms with Gasteiger partial charge < -0.3 is 5.11 Å². The number of carboxylic acids is 1. The molecule has 4 heteroatoms. The predicted octanol–water partition coefficient (Wildman–Crippen LogP) is 1.17. The first-order valence-corrected chi connectivity index (χ1v) is 2.78. The summed E-state index contributed by atoms with van der Waals surface area (Å²) < 4.78 is 0. The molecule has 0 aromatic carbocycles. The second kappa shape index (κ2) is 9.24. The van der Waals surface area contributed by atoms with Gasteiger partial charge in [0.15, 0.2) is 0 Å². The number of hydrogen-bond acceptors (Lipinski definition) is 2. The SMILES string of the molecule is CC(=O)O.[Rh].c1ccncc1. The Kier molecular flexibility index (Phi) is 10.8. The Morgan fingerprint density at radius 1 is 1.27 bits per heavy atom. The molecule has 1 N–H and O–H groups in total. The maximum absolute atomic E-state index is 9.00. The zero-order chi connectivity index (χ0) is 7.82. The molecule has 0 fully saturated rings. The minimum Gasteiger partial charge on any atom is -0.481 e. The van der Waals surface area contributed by atoms with Crippen molar-refractivity contribution in [3.05, 3.63) is 30.6 Å². The molecular formula is C7H9NO2Rh. The number of nitrogens with zero attached hydrogens (tertiary/aromatic N) is 1. The van der Waals surface area contributed by atoms with Gasteiger partial charge in [0.2, 0.25) is 0 Å². The summed E-state index contributed by atoms with van der Waals surface area (Å²) in [6.45, 7) is 1.08. The topological polar surface area (TPSA) is 50.2 Å². The summed E-state index contributed by atoms with van der Waals surface area (Å²) in [4.78, 5) is 12.8. The molecule has 11 heavy (non-hydrogen) atoms. The zero-order valence-corrected chi connectivity index (χ0v) is 7.66. The summed E-state index contributed by atoms with van der Waals surface area (Å²) in [5.74, 6) is -0.833. The van der Waals surface area contributed by atoms with Gasteiger partial charge in [-0.15, -0.1) is 0 Å². The maximum Gasteiger partial charge on any atom is 0.300 e. The van der Waals surface area contributed by atoms with E-state index < -0.39 is 5.97 Å². The summed E-state index contributed by atoms with van der Waals surface area (Å²) in [5.41, 5.74) is 0. The van der Waals surface area contributed by atoms with Crippen molar-refractivity contribution in [2.24, 2.45) is 0 Å². The van der Waals surface area contributed by atoms with Crippen LogP contribution in [0.1, 0.15) is 6.92 Å². The van der Waals surface area contributed by atoms with Crippen molar-refractivity contribution in [2.45, 2.75) is 6.92 Å². The average molecular weight is 242 g/mol. The molecule has 0 bridgehead atoms. The minimum absolute atomic E-state index is 0. The van der Waals surface area contributed by atoms with Gasteiger partial charge in [-0.05, 0) is 12.1 Å². The van der Waals surface area contributed by atoms with Crippen molar-refractivity contribution in [2.75, 3.05) is 0 Å². The van der Waals surface area contributed by atoms with E-state index in [0.29, 0.717) is 0 Å². The molecule has 1 heterocycles. The van der Waals surface area contributed by atoms with E-state index in [2.05, 4.69) is 4.98 Å². The van der Waals surface area contributed by atoms with Crippen LogP contribution in [0.15, 0.2) is 30.6 Å². The van der Waals surface area contributed by atoms with E-state index in [1.54, 1.807) is 12.4 Å². The monoisotopic (exact) mass is 242 g/mol. The van der Waals surface area contributed by atoms with Crippen LogP contribution >= 0.6 is 0 Å². The van der Waals surface area contributed by atoms with Gasteiger partial charge in [-0.2, -0.15) is 0 Å². The molecule has 0 saturated heterocycles. The van der Waals surface area contributed by atoms with Crippen LogP contribution in [0.5, 0.6) is 0 Å². The molecule has 0 aliphatic heterocycles. The maximum atomic E-state index is 9.00. The fraction of sp³-hybridized carbons (Fsp3) is 0.143. The Morgan fingerprint density at radius 2 is 1.64 bits per heavy atom. The van der Waals surface area contributed by atoms with E-state index in [4.69, 9.17) is 9.90 Å². The number of hydrogen-bond donors (Lipinski definition) is 1. The number of carboxylic acid groups (broad SMARTS) is 1. The molecule has 1 radical (unpaired) electrons. The van der Waals surface area contributed by atoms with Crippen molar-refractivity contribution in [1.29, 1.82) is 0 Å². The predicted molar refractivity (Wildman–Crippen MR) is 37.5 cm³/mol. The third kappa shape index (κ3) is 17.6. The van der Waals surface area contributed by atoms with E-state index >= 15 is 0 Å². The molecule has 1 rings (SSSR count). The quantitative estimate of drug-likeness (QED) is 0.694. The number of rotatable bonds is 0. The van der Waals surface area contributed by atoms with Gasteiger partial charge in [0.05, 0.1) is 0 Å². The van der Waals surface area contributed by atoms with E-state index in [-0.39, 0.29) is 19.5 Å². The molecule has 0 amide bonds. The molecule has 63 valence electrons. The Labute approximate surface area is 78.2 Å². The molecule has 0 aliphatic rings. The van der Waals surface area contributed by atoms with Crippen LogP contribution in [-0.2, 0) is 24.3 Å². The molecule has 0 unspecified atom stereocenters. The first-order valence-electron chi connectivity index (χ1n) is 2.78. The molecule has 1 aromatic heterocycles. The molecule has 0 atom stereocenters. The third-order valence-electron chi connectivity index (χ3n) is 0.566. The van der Waals surface area contributed by atoms with Crippen molar-refractivity contribution >= 4 is 5.97 Å². The van der Waals surface area contributed by atoms with Gasteiger partial charge in [0, 0.05) is 38.8 Å². The third-order valence-corrected chi connectivity index (χ3v) is 0.566. The summed E-state index contributed by atoms with van der Waals surface area (Å²) in [7, 11) is 0. The van der Waals surface area contributed by atoms with Crippen LogP contribution in [0.3, 0.4) is 0 Å². The number of pyridine rings is 1. The molecular weight excluding hydrogens is 233 g/mol. The second-order valence-electron chi connectivity index (χ2n) is 1.54. The van der Waals surface area contributed by atoms with E-state index in [1.807, 2.05) is 18.2 Å². The van der Waals surface area contributed by atoms with Crippen LogP contribution in [0.2, 0.25) is 0 Å². The zero-order valence-electron chi connectivity index (χ0n) is 6.02. The van der Waals surface area contributed by atoms with Crippen molar-refractivity contribution in [1.82, 2.24) is 4.98 Å². The Morgan fingerprint density at radius 3 is 1.73 bits per heavy atom. The standard InChI is InChI=1S/C5H5N.C2H4O2.Rh/c1-2-4-6-5-3-1;1-2(3)4;/h1-5H;1H3,(H,3,4);. The largest absolute Gasteiger partial charge is 0.481 e. The smallest absolute Gasteiger partial charge is 0.300 e. The molecule has 0 saturated carbocycles. The van der Waals surface area contributed by atoms with Crippen LogP contribution in [0, 0.1) is 0 Å². The van der Waals surface area contributed by atoms with Gasteiger partial charge in [-0.25, -0.2) is 0 Å². The van der Waals surface area contributed by atoms with Gasteiger partial charge in [-0.1, -0.05) is 6.07 Å². The van der Waals surface area contributed by atoms with Crippen LogP contribution < -0.4 is 0 Å². The van der Waals surface area contributed by atoms with Gasteiger partial charge >= 0.3 is 0 Å². The number of aliphatic carboxylic acids is 1. The van der Waals surface area contributed by atoms with Gasteiger partial charge in [-0.3, -0.25) is 9.78 Å². The van der Waals surface area contributed by atoms with E-state index in [0.717, 1.165) is 6.92 Å². The molecule has 3 nitrogen and oxygen atoms in total. The number of carbonyl (C=O) groups is 1. The van der Waals surface area contributed by atoms with Gasteiger partial charge in [0.25, 0.3) is 5.97 Å². The first kappa shape index (κ1) is 12.9. The second-order valence-corrected chi connectivity index (χ2v) is 1.54. The van der Waals surface area contributed by atoms with Gasteiger partial charge in [0.1, 0.15) is 0 Å². The fourth-order valence-corrected chi connectivity index (χ4v) is 0.313. The normalized spacial score (nSPS) is 6.64. The first-order chi connectivity index (χ1) is 4.73. The van der Waals surface area contributed by atoms with Crippen LogP contribution in [0.4, 0.5) is 0 Å². The van der Waals surface area contributed by atoms with Crippen LogP contribution in [-0.4, -0.2) is 16.1 Å². The fourth-order valence-electron chi connectivity index (χ4n) is 0.313. The Hall–Kier alpha value is -0.757. The summed E-state index contributed by atoms with van der Waals surface area (Å²) in [5, 5.41) is 7.42. The van der Waals surface area contributed by atoms with Crippen molar-refractivity contribution in [3.63, 3.8) is 0 Å². The summed E-state index contributed by atoms with van der Waals surface area (Å²) >= 11 is 0. The molecule has 1 aromatic rings. The van der Waals surface area contributed by atoms with E-state index in [9.17, 15) is 0 Å². The molecule has 0 spiro atoms. The minimum atomic E-state index is -0.833. The Balaban J connectivity index is 0. The van der Waals surface area contributed by atoms with Crippen molar-refractivity contribution in [3.8, 4) is 0 Å². The molecule has 0 aliphatic carbocycles. The average Bonchev–Trinajstić information content (AvgIpc) is 1.90.